The number of rotatable bonds is 18. The van der Waals surface area contributed by atoms with Gasteiger partial charge < -0.3 is 40.5 Å². The van der Waals surface area contributed by atoms with Crippen LogP contribution in [0.3, 0.4) is 0 Å². The van der Waals surface area contributed by atoms with Crippen LogP contribution < -0.4 is 40.5 Å². The number of ether oxygens (including phenoxy) is 5. The van der Waals surface area contributed by atoms with Crippen LogP contribution >= 0.6 is 0 Å². The molecule has 11 heteroatoms. The lowest BCUT2D eigenvalue weighted by atomic mass is 9.97. The van der Waals surface area contributed by atoms with E-state index in [2.05, 4.69) is 119 Å². The highest BCUT2D eigenvalue weighted by atomic mass is 16.5. The zero-order valence-corrected chi connectivity index (χ0v) is 42.9. The van der Waals surface area contributed by atoms with Gasteiger partial charge in [-0.3, -0.25) is 4.99 Å². The first-order valence-electron chi connectivity index (χ1n) is 25.0. The predicted octanol–water partition coefficient (Wildman–Crippen LogP) is 14.0. The average Bonchev–Trinajstić information content (AvgIpc) is 3.47. The number of benzene rings is 8. The van der Waals surface area contributed by atoms with Gasteiger partial charge >= 0.3 is 0 Å². The Morgan fingerprint density at radius 1 is 0.520 bits per heavy atom. The maximum atomic E-state index is 7.27. The molecule has 1 aliphatic rings. The average molecular weight is 999 g/mol. The van der Waals surface area contributed by atoms with Crippen LogP contribution in [0.4, 0.5) is 11.4 Å². The number of aliphatic imine (C=N–C) groups is 1. The number of methoxy groups -OCH3 is 1. The molecule has 0 saturated heterocycles. The molecule has 0 atom stereocenters. The monoisotopic (exact) mass is 999 g/mol. The molecule has 75 heavy (non-hydrogen) atoms. The molecule has 0 saturated carbocycles. The van der Waals surface area contributed by atoms with Crippen molar-refractivity contribution in [1.29, 1.82) is 0 Å². The van der Waals surface area contributed by atoms with Gasteiger partial charge in [0, 0.05) is 26.6 Å². The van der Waals surface area contributed by atoms with Gasteiger partial charge in [0.15, 0.2) is 22.9 Å². The minimum absolute atomic E-state index is 0. The number of hydrogen-bond donors (Lipinski definition) is 3. The van der Waals surface area contributed by atoms with Crippen molar-refractivity contribution in [3.63, 3.8) is 0 Å². The summed E-state index contributed by atoms with van der Waals surface area (Å²) < 4.78 is 30.1. The number of nitrogens with one attached hydrogen (secondary N) is 1. The van der Waals surface area contributed by atoms with Crippen LogP contribution in [0.1, 0.15) is 53.2 Å². The third-order valence-electron chi connectivity index (χ3n) is 12.4. The van der Waals surface area contributed by atoms with E-state index in [0.29, 0.717) is 60.8 Å². The lowest BCUT2D eigenvalue weighted by Crippen LogP contribution is -2.30. The van der Waals surface area contributed by atoms with Gasteiger partial charge in [-0.05, 0) is 132 Å². The third-order valence-corrected chi connectivity index (χ3v) is 12.4. The first-order valence-corrected chi connectivity index (χ1v) is 25.0. The Hall–Kier alpha value is -8.87. The summed E-state index contributed by atoms with van der Waals surface area (Å²) in [6, 6.07) is 59.8. The normalized spacial score (nSPS) is 11.4. The summed E-state index contributed by atoms with van der Waals surface area (Å²) in [6.07, 6.45) is 1.96. The van der Waals surface area contributed by atoms with Crippen molar-refractivity contribution in [1.82, 2.24) is 5.32 Å². The summed E-state index contributed by atoms with van der Waals surface area (Å²) in [5, 5.41) is 3.39. The van der Waals surface area contributed by atoms with Crippen LogP contribution in [0.2, 0.25) is 0 Å². The largest absolute Gasteiger partial charge is 0.493 e. The topological polar surface area (TPSA) is 131 Å². The SMILES string of the molecule is NCCCN.[C-]#[N+]c1cccc(COc2cc(OCc3cccc(-c4ccccc4)c3C)ccc2C2=NCCCN2)c1.[C-]#[N+]c1cccc(COc2cc(OCc3cccc(-c4ccccc4)c3C)ccc2OC)c1.[HH]. The minimum atomic E-state index is 0. The van der Waals surface area contributed by atoms with Gasteiger partial charge in [0.2, 0.25) is 0 Å². The summed E-state index contributed by atoms with van der Waals surface area (Å²) in [7, 11) is 1.61. The van der Waals surface area contributed by atoms with E-state index < -0.39 is 0 Å². The van der Waals surface area contributed by atoms with Crippen LogP contribution in [-0.4, -0.2) is 39.1 Å². The van der Waals surface area contributed by atoms with Crippen LogP contribution in [-0.2, 0) is 26.4 Å². The highest BCUT2D eigenvalue weighted by molar-refractivity contribution is 6.01. The summed E-state index contributed by atoms with van der Waals surface area (Å²) >= 11 is 0. The molecule has 1 heterocycles. The first kappa shape index (κ1) is 53.9. The predicted molar refractivity (Wildman–Crippen MR) is 304 cm³/mol. The molecule has 8 aromatic rings. The van der Waals surface area contributed by atoms with Gasteiger partial charge in [0.25, 0.3) is 0 Å². The fourth-order valence-electron chi connectivity index (χ4n) is 8.21. The van der Waals surface area contributed by atoms with E-state index >= 15 is 0 Å². The van der Waals surface area contributed by atoms with Crippen molar-refractivity contribution in [2.75, 3.05) is 33.3 Å². The van der Waals surface area contributed by atoms with Crippen LogP contribution in [0, 0.1) is 27.0 Å². The van der Waals surface area contributed by atoms with E-state index in [1.807, 2.05) is 84.9 Å². The Balaban J connectivity index is 0.000000225. The lowest BCUT2D eigenvalue weighted by molar-refractivity contribution is 0.274. The maximum absolute atomic E-state index is 7.27. The molecule has 0 amide bonds. The molecule has 0 spiro atoms. The molecular weight excluding hydrogens is 933 g/mol. The highest BCUT2D eigenvalue weighted by Crippen LogP contribution is 2.34. The van der Waals surface area contributed by atoms with Gasteiger partial charge in [-0.25, -0.2) is 9.69 Å². The Kier molecular flexibility index (Phi) is 20.4. The van der Waals surface area contributed by atoms with Crippen molar-refractivity contribution >= 4 is 17.2 Å². The summed E-state index contributed by atoms with van der Waals surface area (Å²) in [4.78, 5) is 11.7. The van der Waals surface area contributed by atoms with Crippen molar-refractivity contribution in [3.05, 3.63) is 244 Å². The summed E-state index contributed by atoms with van der Waals surface area (Å²) in [5.41, 5.74) is 23.6. The van der Waals surface area contributed by atoms with Crippen molar-refractivity contribution < 1.29 is 25.1 Å². The molecule has 9 rings (SSSR count). The van der Waals surface area contributed by atoms with Crippen molar-refractivity contribution in [3.8, 4) is 51.0 Å². The third kappa shape index (κ3) is 15.6. The molecule has 382 valence electrons. The van der Waals surface area contributed by atoms with E-state index in [1.54, 1.807) is 19.2 Å². The van der Waals surface area contributed by atoms with Gasteiger partial charge in [-0.15, -0.1) is 0 Å². The number of nitrogens with zero attached hydrogens (tertiary/aromatic N) is 3. The number of nitrogens with two attached hydrogens (primary N) is 2. The number of amidine groups is 1. The first-order chi connectivity index (χ1) is 36.8. The lowest BCUT2D eigenvalue weighted by Gasteiger charge is -2.19. The quantitative estimate of drug-likeness (QED) is 0.0725. The van der Waals surface area contributed by atoms with E-state index in [-0.39, 0.29) is 1.43 Å². The van der Waals surface area contributed by atoms with Crippen molar-refractivity contribution in [2.45, 2.75) is 53.1 Å². The molecule has 1 aliphatic heterocycles. The molecule has 5 N–H and O–H groups in total. The molecule has 0 radical (unpaired) electrons. The molecular formula is C64H66N6O5. The van der Waals surface area contributed by atoms with Crippen LogP contribution in [0.15, 0.2) is 187 Å². The summed E-state index contributed by atoms with van der Waals surface area (Å²) in [6.45, 7) is 23.4. The van der Waals surface area contributed by atoms with E-state index in [9.17, 15) is 0 Å². The van der Waals surface area contributed by atoms with E-state index in [0.717, 1.165) is 78.4 Å². The van der Waals surface area contributed by atoms with Gasteiger partial charge in [-0.2, -0.15) is 0 Å². The van der Waals surface area contributed by atoms with Crippen LogP contribution in [0.5, 0.6) is 28.7 Å². The molecule has 0 fully saturated rings. The van der Waals surface area contributed by atoms with Crippen LogP contribution in [0.25, 0.3) is 31.9 Å². The Labute approximate surface area is 443 Å². The fraction of sp³-hybridized carbons (Fsp3) is 0.203. The molecule has 0 aromatic heterocycles. The zero-order valence-electron chi connectivity index (χ0n) is 42.9. The van der Waals surface area contributed by atoms with Crippen molar-refractivity contribution in [2.24, 2.45) is 16.5 Å². The standard InChI is InChI=1S/C32H29N3O2.C29H25NO3.C3H10N2.H2/c1-23-26(12-7-14-29(23)25-10-4-3-5-11-25)22-36-28-15-16-30(32-34-17-8-18-35-32)31(20-28)37-21-24-9-6-13-27(19-24)33-2;1-21-24(12-8-14-27(21)23-10-5-4-6-11-23)20-32-26-15-16-28(31-3)29(18-26)33-19-22-9-7-13-25(17-22)30-2;4-2-1-3-5;/h3-7,9-16,19-20H,8,17-18,21-22H2,1H3,(H,34,35);4-18H,19-20H2,1,3H3;1-5H2;1H. The number of hydrogen-bond acceptors (Lipinski definition) is 9. The second-order valence-electron chi connectivity index (χ2n) is 17.5. The summed E-state index contributed by atoms with van der Waals surface area (Å²) in [5.74, 6) is 4.20. The maximum Gasteiger partial charge on any atom is 0.187 e. The zero-order chi connectivity index (χ0) is 52.6. The van der Waals surface area contributed by atoms with E-state index in [1.165, 1.54) is 33.4 Å². The van der Waals surface area contributed by atoms with E-state index in [4.69, 9.17) is 48.3 Å². The second kappa shape index (κ2) is 28.4. The van der Waals surface area contributed by atoms with Gasteiger partial charge in [-0.1, -0.05) is 133 Å². The Morgan fingerprint density at radius 2 is 1.03 bits per heavy atom. The second-order valence-corrected chi connectivity index (χ2v) is 17.5. The molecule has 0 unspecified atom stereocenters. The molecule has 0 aliphatic carbocycles. The van der Waals surface area contributed by atoms with Gasteiger partial charge in [0.05, 0.1) is 25.8 Å². The Bertz CT molecular complexity index is 3230. The van der Waals surface area contributed by atoms with Gasteiger partial charge in [0.1, 0.15) is 49.5 Å². The molecule has 0 bridgehead atoms. The minimum Gasteiger partial charge on any atom is -0.493 e. The Morgan fingerprint density at radius 3 is 1.51 bits per heavy atom. The highest BCUT2D eigenvalue weighted by Gasteiger charge is 2.16. The molecule has 11 nitrogen and oxygen atoms in total. The molecule has 8 aromatic carbocycles. The smallest absolute Gasteiger partial charge is 0.187 e. The fourth-order valence-corrected chi connectivity index (χ4v) is 8.21.